The molecule has 0 saturated carbocycles. The lowest BCUT2D eigenvalue weighted by molar-refractivity contribution is -0.386. The highest BCUT2D eigenvalue weighted by Crippen LogP contribution is 2.21. The Labute approximate surface area is 127 Å². The zero-order valence-corrected chi connectivity index (χ0v) is 12.7. The van der Waals surface area contributed by atoms with E-state index < -0.39 is 4.92 Å². The number of hydrogen-bond donors (Lipinski definition) is 0. The lowest BCUT2D eigenvalue weighted by atomic mass is 10.2. The zero-order valence-electron chi connectivity index (χ0n) is 12.7. The van der Waals surface area contributed by atoms with Crippen molar-refractivity contribution >= 4 is 11.6 Å². The Kier molecular flexibility index (Phi) is 4.50. The Bertz CT molecular complexity index is 696. The third-order valence-electron chi connectivity index (χ3n) is 3.38. The molecule has 0 bridgehead atoms. The third kappa shape index (κ3) is 3.27. The van der Waals surface area contributed by atoms with Crippen molar-refractivity contribution in [3.63, 3.8) is 0 Å². The van der Waals surface area contributed by atoms with Crippen LogP contribution in [0.15, 0.2) is 24.5 Å². The Morgan fingerprint density at radius 3 is 2.73 bits per heavy atom. The van der Waals surface area contributed by atoms with Gasteiger partial charge in [-0.1, -0.05) is 6.07 Å². The fourth-order valence-corrected chi connectivity index (χ4v) is 2.21. The van der Waals surface area contributed by atoms with Gasteiger partial charge in [0.15, 0.2) is 0 Å². The van der Waals surface area contributed by atoms with Crippen LogP contribution in [-0.2, 0) is 17.9 Å². The minimum atomic E-state index is -0.474. The molecule has 0 atom stereocenters. The van der Waals surface area contributed by atoms with Crippen LogP contribution in [-0.4, -0.2) is 37.5 Å². The second-order valence-corrected chi connectivity index (χ2v) is 5.05. The van der Waals surface area contributed by atoms with Crippen molar-refractivity contribution in [2.24, 2.45) is 0 Å². The summed E-state index contributed by atoms with van der Waals surface area (Å²) in [6.45, 7) is 3.54. The fourth-order valence-electron chi connectivity index (χ4n) is 2.21. The monoisotopic (exact) mass is 303 g/mol. The summed E-state index contributed by atoms with van der Waals surface area (Å²) in [6, 6.07) is 3.68. The molecule has 22 heavy (non-hydrogen) atoms. The molecule has 0 aromatic carbocycles. The van der Waals surface area contributed by atoms with Crippen LogP contribution in [0.2, 0.25) is 0 Å². The predicted octanol–water partition coefficient (Wildman–Crippen LogP) is 1.46. The largest absolute Gasteiger partial charge is 0.340 e. The quantitative estimate of drug-likeness (QED) is 0.615. The highest BCUT2D eigenvalue weighted by molar-refractivity contribution is 5.75. The maximum absolute atomic E-state index is 12.2. The SMILES string of the molecule is Cc1nn(CC(=O)N(C)Cc2cccnc2)c(C)c1[N+](=O)[O-]. The molecule has 0 saturated heterocycles. The van der Waals surface area contributed by atoms with Crippen LogP contribution in [0.5, 0.6) is 0 Å². The minimum Gasteiger partial charge on any atom is -0.340 e. The molecular formula is C14H17N5O3. The number of carbonyl (C=O) groups is 1. The minimum absolute atomic E-state index is 0.0305. The summed E-state index contributed by atoms with van der Waals surface area (Å²) < 4.78 is 1.37. The van der Waals surface area contributed by atoms with Gasteiger partial charge in [0.25, 0.3) is 0 Å². The van der Waals surface area contributed by atoms with Crippen LogP contribution < -0.4 is 0 Å². The van der Waals surface area contributed by atoms with E-state index in [9.17, 15) is 14.9 Å². The standard InChI is InChI=1S/C14H17N5O3/c1-10-14(19(21)22)11(2)18(16-10)9-13(20)17(3)8-12-5-4-6-15-7-12/h4-7H,8-9H2,1-3H3. The molecule has 0 radical (unpaired) electrons. The average Bonchev–Trinajstić information content (AvgIpc) is 2.74. The summed E-state index contributed by atoms with van der Waals surface area (Å²) in [5, 5.41) is 15.0. The molecule has 2 heterocycles. The fraction of sp³-hybridized carbons (Fsp3) is 0.357. The van der Waals surface area contributed by atoms with Crippen molar-refractivity contribution in [3.8, 4) is 0 Å². The topological polar surface area (TPSA) is 94.2 Å². The van der Waals surface area contributed by atoms with E-state index in [2.05, 4.69) is 10.1 Å². The number of hydrogen-bond acceptors (Lipinski definition) is 5. The van der Waals surface area contributed by atoms with E-state index >= 15 is 0 Å². The number of aryl methyl sites for hydroxylation is 1. The van der Waals surface area contributed by atoms with Crippen molar-refractivity contribution in [2.75, 3.05) is 7.05 Å². The van der Waals surface area contributed by atoms with Crippen LogP contribution in [0.1, 0.15) is 17.0 Å². The molecule has 0 aliphatic rings. The van der Waals surface area contributed by atoms with Crippen LogP contribution >= 0.6 is 0 Å². The van der Waals surface area contributed by atoms with Crippen molar-refractivity contribution in [3.05, 3.63) is 51.6 Å². The molecule has 2 aromatic rings. The van der Waals surface area contributed by atoms with Gasteiger partial charge in [-0.25, -0.2) is 0 Å². The van der Waals surface area contributed by atoms with E-state index in [1.807, 2.05) is 6.07 Å². The highest BCUT2D eigenvalue weighted by Gasteiger charge is 2.23. The number of pyridine rings is 1. The molecule has 0 N–H and O–H groups in total. The van der Waals surface area contributed by atoms with E-state index in [0.717, 1.165) is 5.56 Å². The molecule has 2 aromatic heterocycles. The maximum Gasteiger partial charge on any atom is 0.312 e. The number of rotatable bonds is 5. The van der Waals surface area contributed by atoms with Gasteiger partial charge in [0.1, 0.15) is 17.9 Å². The zero-order chi connectivity index (χ0) is 16.3. The summed E-state index contributed by atoms with van der Waals surface area (Å²) >= 11 is 0. The van der Waals surface area contributed by atoms with E-state index in [0.29, 0.717) is 17.9 Å². The molecule has 8 heteroatoms. The van der Waals surface area contributed by atoms with Crippen molar-refractivity contribution in [1.82, 2.24) is 19.7 Å². The predicted molar refractivity (Wildman–Crippen MR) is 79.1 cm³/mol. The van der Waals surface area contributed by atoms with Gasteiger partial charge in [0.2, 0.25) is 5.91 Å². The van der Waals surface area contributed by atoms with Gasteiger partial charge < -0.3 is 4.90 Å². The first-order valence-corrected chi connectivity index (χ1v) is 6.71. The van der Waals surface area contributed by atoms with Crippen LogP contribution in [0.4, 0.5) is 5.69 Å². The number of aromatic nitrogens is 3. The maximum atomic E-state index is 12.2. The summed E-state index contributed by atoms with van der Waals surface area (Å²) in [7, 11) is 1.68. The Hall–Kier alpha value is -2.77. The van der Waals surface area contributed by atoms with E-state index in [1.165, 1.54) is 4.68 Å². The molecule has 0 aliphatic carbocycles. The molecule has 1 amide bonds. The van der Waals surface area contributed by atoms with E-state index in [-0.39, 0.29) is 18.1 Å². The van der Waals surface area contributed by atoms with Gasteiger partial charge in [-0.05, 0) is 25.5 Å². The number of nitro groups is 1. The van der Waals surface area contributed by atoms with Gasteiger partial charge in [0, 0.05) is 26.0 Å². The number of amides is 1. The Morgan fingerprint density at radius 1 is 1.45 bits per heavy atom. The second-order valence-electron chi connectivity index (χ2n) is 5.05. The van der Waals surface area contributed by atoms with Gasteiger partial charge in [0.05, 0.1) is 4.92 Å². The normalized spacial score (nSPS) is 10.5. The molecule has 0 spiro atoms. The molecule has 0 unspecified atom stereocenters. The van der Waals surface area contributed by atoms with Gasteiger partial charge in [-0.15, -0.1) is 0 Å². The third-order valence-corrected chi connectivity index (χ3v) is 3.38. The lowest BCUT2D eigenvalue weighted by Crippen LogP contribution is -2.30. The Balaban J connectivity index is 2.09. The molecule has 0 aliphatic heterocycles. The molecule has 2 rings (SSSR count). The number of nitrogens with zero attached hydrogens (tertiary/aromatic N) is 5. The first-order chi connectivity index (χ1) is 10.4. The molecule has 8 nitrogen and oxygen atoms in total. The molecule has 116 valence electrons. The smallest absolute Gasteiger partial charge is 0.312 e. The molecular weight excluding hydrogens is 286 g/mol. The van der Waals surface area contributed by atoms with Crippen LogP contribution in [0, 0.1) is 24.0 Å². The lowest BCUT2D eigenvalue weighted by Gasteiger charge is -2.17. The first kappa shape index (κ1) is 15.6. The van der Waals surface area contributed by atoms with Crippen LogP contribution in [0.3, 0.4) is 0 Å². The van der Waals surface area contributed by atoms with Crippen LogP contribution in [0.25, 0.3) is 0 Å². The summed E-state index contributed by atoms with van der Waals surface area (Å²) in [5.74, 6) is -0.177. The van der Waals surface area contributed by atoms with E-state index in [4.69, 9.17) is 0 Å². The Morgan fingerprint density at radius 2 is 2.18 bits per heavy atom. The van der Waals surface area contributed by atoms with Crippen molar-refractivity contribution < 1.29 is 9.72 Å². The summed E-state index contributed by atoms with van der Waals surface area (Å²) in [6.07, 6.45) is 3.36. The summed E-state index contributed by atoms with van der Waals surface area (Å²) in [4.78, 5) is 28.3. The number of carbonyl (C=O) groups excluding carboxylic acids is 1. The van der Waals surface area contributed by atoms with Crippen molar-refractivity contribution in [2.45, 2.75) is 26.9 Å². The van der Waals surface area contributed by atoms with Gasteiger partial charge in [-0.3, -0.25) is 24.6 Å². The summed E-state index contributed by atoms with van der Waals surface area (Å²) in [5.41, 5.74) is 1.57. The van der Waals surface area contributed by atoms with Gasteiger partial charge in [-0.2, -0.15) is 5.10 Å². The highest BCUT2D eigenvalue weighted by atomic mass is 16.6. The van der Waals surface area contributed by atoms with Crippen molar-refractivity contribution in [1.29, 1.82) is 0 Å². The second kappa shape index (κ2) is 6.33. The molecule has 0 fully saturated rings. The van der Waals surface area contributed by atoms with Gasteiger partial charge >= 0.3 is 5.69 Å². The first-order valence-electron chi connectivity index (χ1n) is 6.71. The van der Waals surface area contributed by atoms with E-state index in [1.54, 1.807) is 44.3 Å². The average molecular weight is 303 g/mol. The number of likely N-dealkylation sites (N-methyl/N-ethyl adjacent to an activating group) is 1.